The summed E-state index contributed by atoms with van der Waals surface area (Å²) in [4.78, 5) is 37.3. The minimum Gasteiger partial charge on any atom is -0.309 e. The molecule has 11 aromatic rings. The lowest BCUT2D eigenvalue weighted by Gasteiger charge is -2.19. The number of imide groups is 1. The molecule has 86 heavy (non-hydrogen) atoms. The van der Waals surface area contributed by atoms with Gasteiger partial charge in [0.05, 0.1) is 42.9 Å². The Labute approximate surface area is 522 Å². The molecule has 0 radical (unpaired) electrons. The molecule has 0 bridgehead atoms. The van der Waals surface area contributed by atoms with Gasteiger partial charge in [-0.1, -0.05) is 196 Å². The van der Waals surface area contributed by atoms with Crippen LogP contribution in [0, 0.1) is 0 Å². The van der Waals surface area contributed by atoms with Crippen molar-refractivity contribution in [1.29, 1.82) is 0 Å². The van der Waals surface area contributed by atoms with Gasteiger partial charge in [-0.05, 0) is 159 Å². The summed E-state index contributed by atoms with van der Waals surface area (Å²) in [6.07, 6.45) is 11.9. The second-order valence-electron chi connectivity index (χ2n) is 28.5. The number of carbonyl (C=O) groups is 2. The van der Waals surface area contributed by atoms with E-state index in [0.29, 0.717) is 17.7 Å². The van der Waals surface area contributed by atoms with Crippen molar-refractivity contribution in [2.75, 3.05) is 6.54 Å². The average Bonchev–Trinajstić information content (AvgIpc) is 1.63. The third kappa shape index (κ3) is 11.3. The second-order valence-corrected chi connectivity index (χ2v) is 31.7. The second kappa shape index (κ2) is 23.0. The Morgan fingerprint density at radius 1 is 0.337 bits per heavy atom. The zero-order valence-electron chi connectivity index (χ0n) is 53.0. The molecule has 0 atom stereocenters. The van der Waals surface area contributed by atoms with Crippen LogP contribution in [0.2, 0.25) is 0 Å². The van der Waals surface area contributed by atoms with Gasteiger partial charge < -0.3 is 9.13 Å². The number of benzene rings is 6. The molecule has 0 saturated heterocycles. The molecule has 0 saturated carbocycles. The van der Waals surface area contributed by atoms with E-state index in [1.807, 2.05) is 0 Å². The van der Waals surface area contributed by atoms with Crippen LogP contribution in [0.15, 0.2) is 146 Å². The van der Waals surface area contributed by atoms with E-state index >= 15 is 0 Å². The molecule has 5 aromatic heterocycles. The van der Waals surface area contributed by atoms with Crippen molar-refractivity contribution >= 4 is 89.4 Å². The minimum atomic E-state index is -0.158. The molecule has 0 spiro atoms. The van der Waals surface area contributed by atoms with Crippen molar-refractivity contribution in [3.8, 4) is 51.8 Å². The summed E-state index contributed by atoms with van der Waals surface area (Å²) in [7, 11) is 0. The number of thiophene rings is 3. The average molecular weight is 1190 g/mol. The number of hydrogen-bond acceptors (Lipinski definition) is 5. The van der Waals surface area contributed by atoms with Crippen molar-refractivity contribution in [2.45, 2.75) is 176 Å². The van der Waals surface area contributed by atoms with Gasteiger partial charge in [0.25, 0.3) is 11.8 Å². The van der Waals surface area contributed by atoms with Crippen molar-refractivity contribution < 1.29 is 9.59 Å². The number of hydrogen-bond donors (Lipinski definition) is 0. The van der Waals surface area contributed by atoms with Gasteiger partial charge in [-0.15, -0.1) is 34.0 Å². The molecule has 1 aliphatic heterocycles. The van der Waals surface area contributed by atoms with Gasteiger partial charge in [-0.25, -0.2) is 0 Å². The van der Waals surface area contributed by atoms with Crippen LogP contribution in [0.4, 0.5) is 0 Å². The molecule has 0 N–H and O–H groups in total. The predicted octanol–water partition coefficient (Wildman–Crippen LogP) is 23.4. The minimum absolute atomic E-state index is 0.0267. The first-order valence-corrected chi connectivity index (χ1v) is 34.1. The zero-order chi connectivity index (χ0) is 60.6. The van der Waals surface area contributed by atoms with Crippen LogP contribution in [0.25, 0.3) is 95.4 Å². The SMILES string of the molecule is CCCCCCCCCCCCN1C(=O)c2c(-c3ccc(-c4ccc(-n5c6ccc(C(C)(C)C)cc6c6cc(C(C)(C)C)ccc65)cc4)s3)sc(-c3ccc(-c4ccc(-n5c6ccc(C(C)(C)C)cc6c6cc(C(C)(C)C)ccc65)cc4)s3)c2C1=O. The molecule has 442 valence electrons. The number of carbonyl (C=O) groups excluding carboxylic acids is 2. The third-order valence-corrected chi connectivity index (χ3v) is 21.9. The van der Waals surface area contributed by atoms with Crippen LogP contribution in [-0.4, -0.2) is 32.4 Å². The molecule has 12 rings (SSSR count). The standard InChI is InChI=1S/C78H85N3O2S3/c1-14-15-16-17-18-19-20-21-22-23-44-79-73(82)69-70(74(79)83)72(68-43-41-66(85-68)50-26-34-56(35-27-50)81-63-38-30-53(77(8,9)10)47-59(63)60-48-54(78(11,12)13)31-39-64(60)81)86-71(69)67-42-40-65(84-67)49-24-32-55(33-25-49)80-61-36-28-51(75(2,3)4)45-57(61)58-46-52(76(5,6)7)29-37-62(58)80/h24-43,45-48H,14-23,44H2,1-13H3. The molecule has 6 heterocycles. The summed E-state index contributed by atoms with van der Waals surface area (Å²) in [5.41, 5.74) is 15.8. The summed E-state index contributed by atoms with van der Waals surface area (Å²) in [5, 5.41) is 5.10. The van der Waals surface area contributed by atoms with E-state index in [9.17, 15) is 9.59 Å². The van der Waals surface area contributed by atoms with Gasteiger partial charge in [-0.3, -0.25) is 14.5 Å². The Bertz CT molecular complexity index is 3940. The van der Waals surface area contributed by atoms with Crippen molar-refractivity contribution in [3.63, 3.8) is 0 Å². The lowest BCUT2D eigenvalue weighted by molar-refractivity contribution is 0.0651. The summed E-state index contributed by atoms with van der Waals surface area (Å²) in [6.45, 7) is 30.2. The molecule has 2 amide bonds. The smallest absolute Gasteiger partial charge is 0.263 e. The molecule has 1 aliphatic rings. The molecule has 8 heteroatoms. The maximum absolute atomic E-state index is 14.8. The van der Waals surface area contributed by atoms with Gasteiger partial charge in [-0.2, -0.15) is 0 Å². The van der Waals surface area contributed by atoms with E-state index in [2.05, 4.69) is 245 Å². The largest absolute Gasteiger partial charge is 0.309 e. The third-order valence-electron chi connectivity index (χ3n) is 18.0. The fourth-order valence-corrected chi connectivity index (χ4v) is 16.3. The van der Waals surface area contributed by atoms with E-state index in [0.717, 1.165) is 71.0 Å². The van der Waals surface area contributed by atoms with E-state index < -0.39 is 0 Å². The summed E-state index contributed by atoms with van der Waals surface area (Å²) in [5.74, 6) is -0.315. The highest BCUT2D eigenvalue weighted by Crippen LogP contribution is 2.51. The van der Waals surface area contributed by atoms with Gasteiger partial charge in [0, 0.05) is 59.0 Å². The van der Waals surface area contributed by atoms with Gasteiger partial charge >= 0.3 is 0 Å². The van der Waals surface area contributed by atoms with Crippen LogP contribution in [0.3, 0.4) is 0 Å². The quantitative estimate of drug-likeness (QED) is 0.0674. The fourth-order valence-electron chi connectivity index (χ4n) is 12.8. The monoisotopic (exact) mass is 1190 g/mol. The van der Waals surface area contributed by atoms with Crippen LogP contribution >= 0.6 is 34.0 Å². The Morgan fingerprint density at radius 3 is 0.953 bits per heavy atom. The van der Waals surface area contributed by atoms with E-state index in [-0.39, 0.29) is 33.5 Å². The first-order valence-electron chi connectivity index (χ1n) is 31.6. The number of fused-ring (bicyclic) bond motifs is 7. The number of aromatic nitrogens is 2. The van der Waals surface area contributed by atoms with Crippen molar-refractivity contribution in [2.24, 2.45) is 0 Å². The molecule has 5 nitrogen and oxygen atoms in total. The van der Waals surface area contributed by atoms with Gasteiger partial charge in [0.2, 0.25) is 0 Å². The summed E-state index contributed by atoms with van der Waals surface area (Å²) >= 11 is 5.00. The molecule has 6 aromatic carbocycles. The zero-order valence-corrected chi connectivity index (χ0v) is 55.5. The molecule has 0 aliphatic carbocycles. The van der Waals surface area contributed by atoms with Gasteiger partial charge in [0.15, 0.2) is 0 Å². The number of nitrogens with zero attached hydrogens (tertiary/aromatic N) is 3. The Morgan fingerprint density at radius 2 is 0.640 bits per heavy atom. The Balaban J connectivity index is 0.860. The van der Waals surface area contributed by atoms with E-state index in [4.69, 9.17) is 0 Å². The van der Waals surface area contributed by atoms with Crippen molar-refractivity contribution in [1.82, 2.24) is 14.0 Å². The lowest BCUT2D eigenvalue weighted by Crippen LogP contribution is -2.31. The Kier molecular flexibility index (Phi) is 15.9. The topological polar surface area (TPSA) is 47.2 Å². The van der Waals surface area contributed by atoms with E-state index in [1.54, 1.807) is 38.9 Å². The Hall–Kier alpha value is -6.84. The molecule has 0 unspecified atom stereocenters. The van der Waals surface area contributed by atoms with Crippen molar-refractivity contribution in [3.05, 3.63) is 179 Å². The van der Waals surface area contributed by atoms with Gasteiger partial charge in [0.1, 0.15) is 0 Å². The first-order chi connectivity index (χ1) is 41.0. The van der Waals surface area contributed by atoms with Crippen LogP contribution in [0.5, 0.6) is 0 Å². The number of rotatable bonds is 17. The highest BCUT2D eigenvalue weighted by molar-refractivity contribution is 7.28. The molecule has 0 fully saturated rings. The number of amides is 2. The predicted molar refractivity (Wildman–Crippen MR) is 373 cm³/mol. The van der Waals surface area contributed by atoms with E-state index in [1.165, 1.54) is 111 Å². The first kappa shape index (κ1) is 59.5. The van der Waals surface area contributed by atoms with Crippen LogP contribution in [-0.2, 0) is 21.7 Å². The maximum atomic E-state index is 14.8. The highest BCUT2D eigenvalue weighted by atomic mass is 32.1. The fraction of sp³-hybridized carbons (Fsp3) is 0.359. The normalized spacial score (nSPS) is 13.5. The van der Waals surface area contributed by atoms with Crippen LogP contribution < -0.4 is 0 Å². The summed E-state index contributed by atoms with van der Waals surface area (Å²) < 4.78 is 4.82. The maximum Gasteiger partial charge on any atom is 0.263 e. The number of unbranched alkanes of at least 4 members (excludes halogenated alkanes) is 9. The molecular formula is C78H85N3O2S3. The highest BCUT2D eigenvalue weighted by Gasteiger charge is 2.42. The molecular weight excluding hydrogens is 1110 g/mol. The lowest BCUT2D eigenvalue weighted by atomic mass is 9.85. The van der Waals surface area contributed by atoms with Crippen LogP contribution in [0.1, 0.15) is 197 Å². The summed E-state index contributed by atoms with van der Waals surface area (Å²) in [6, 6.07) is 54.6.